The molecule has 1 aliphatic rings. The minimum atomic E-state index is -1.02. The Labute approximate surface area is 118 Å². The van der Waals surface area contributed by atoms with E-state index < -0.39 is 5.97 Å². The number of carbonyl (C=O) groups is 2. The third-order valence-corrected chi connectivity index (χ3v) is 3.76. The topological polar surface area (TPSA) is 86.9 Å². The third kappa shape index (κ3) is 2.25. The number of aliphatic carboxylic acids is 1. The van der Waals surface area contributed by atoms with Crippen LogP contribution in [-0.2, 0) is 9.59 Å². The summed E-state index contributed by atoms with van der Waals surface area (Å²) >= 11 is 1.46. The van der Waals surface area contributed by atoms with Gasteiger partial charge in [-0.25, -0.2) is 9.78 Å². The number of fused-ring (bicyclic) bond motifs is 1. The number of imidazole rings is 1. The number of carboxylic acids is 1. The van der Waals surface area contributed by atoms with Gasteiger partial charge in [-0.05, 0) is 6.08 Å². The van der Waals surface area contributed by atoms with Crippen molar-refractivity contribution in [3.05, 3.63) is 23.3 Å². The highest BCUT2D eigenvalue weighted by molar-refractivity contribution is 7.15. The second-order valence-electron chi connectivity index (χ2n) is 4.32. The molecule has 7 nitrogen and oxygen atoms in total. The second kappa shape index (κ2) is 4.97. The van der Waals surface area contributed by atoms with Crippen molar-refractivity contribution in [2.24, 2.45) is 0 Å². The van der Waals surface area contributed by atoms with Gasteiger partial charge in [0.15, 0.2) is 10.8 Å². The van der Waals surface area contributed by atoms with Crippen molar-refractivity contribution in [2.75, 3.05) is 24.5 Å². The molecule has 1 amide bonds. The average Bonchev–Trinajstić information content (AvgIpc) is 2.96. The van der Waals surface area contributed by atoms with E-state index >= 15 is 0 Å². The molecule has 0 saturated carbocycles. The van der Waals surface area contributed by atoms with E-state index in [9.17, 15) is 9.59 Å². The van der Waals surface area contributed by atoms with Gasteiger partial charge in [-0.2, -0.15) is 0 Å². The van der Waals surface area contributed by atoms with Crippen molar-refractivity contribution in [3.8, 4) is 0 Å². The van der Waals surface area contributed by atoms with Gasteiger partial charge in [-0.1, -0.05) is 0 Å². The van der Waals surface area contributed by atoms with Crippen molar-refractivity contribution in [3.63, 3.8) is 0 Å². The molecule has 8 heteroatoms. The van der Waals surface area contributed by atoms with Gasteiger partial charge in [0.05, 0.1) is 12.2 Å². The van der Waals surface area contributed by atoms with E-state index in [0.29, 0.717) is 24.6 Å². The first-order valence-corrected chi connectivity index (χ1v) is 6.91. The van der Waals surface area contributed by atoms with Gasteiger partial charge in [0, 0.05) is 30.7 Å². The summed E-state index contributed by atoms with van der Waals surface area (Å²) in [4.78, 5) is 29.3. The van der Waals surface area contributed by atoms with E-state index in [1.807, 2.05) is 20.9 Å². The first-order chi connectivity index (χ1) is 9.65. The lowest BCUT2D eigenvalue weighted by Crippen LogP contribution is -2.48. The van der Waals surface area contributed by atoms with Crippen LogP contribution in [0, 0.1) is 0 Å². The van der Waals surface area contributed by atoms with Crippen LogP contribution in [0.5, 0.6) is 0 Å². The van der Waals surface area contributed by atoms with E-state index in [4.69, 9.17) is 5.11 Å². The number of carbonyl (C=O) groups excluding carboxylic acids is 1. The number of aromatic nitrogens is 2. The minimum Gasteiger partial charge on any atom is -0.478 e. The number of carboxylic acid groups (broad SMARTS) is 1. The monoisotopic (exact) mass is 292 g/mol. The number of anilines is 1. The average molecular weight is 292 g/mol. The molecule has 0 atom stereocenters. The fourth-order valence-electron chi connectivity index (χ4n) is 2.15. The van der Waals surface area contributed by atoms with Crippen LogP contribution < -0.4 is 10.2 Å². The molecule has 2 N–H and O–H groups in total. The number of amides is 1. The molecule has 1 saturated heterocycles. The summed E-state index contributed by atoms with van der Waals surface area (Å²) in [5.41, 5.74) is 0.679. The van der Waals surface area contributed by atoms with Gasteiger partial charge in [0.1, 0.15) is 0 Å². The number of hydrogen-bond donors (Lipinski definition) is 2. The Bertz CT molecular complexity index is 703. The molecular formula is C12H12N4O3S. The molecular weight excluding hydrogens is 280 g/mol. The molecule has 1 aliphatic heterocycles. The smallest absolute Gasteiger partial charge is 0.328 e. The fourth-order valence-corrected chi connectivity index (χ4v) is 2.87. The molecule has 0 aliphatic carbocycles. The normalized spacial score (nSPS) is 16.0. The van der Waals surface area contributed by atoms with Crippen molar-refractivity contribution in [2.45, 2.75) is 0 Å². The Hall–Kier alpha value is -2.35. The number of nitrogens with zero attached hydrogens (tertiary/aromatic N) is 3. The number of piperazine rings is 1. The van der Waals surface area contributed by atoms with Gasteiger partial charge in [0.25, 0.3) is 0 Å². The maximum Gasteiger partial charge on any atom is 0.328 e. The SMILES string of the molecule is O=C(O)/C=C/c1c(N2CCNC(=O)C2)nc2sccn12. The Morgan fingerprint density at radius 1 is 1.55 bits per heavy atom. The lowest BCUT2D eigenvalue weighted by molar-refractivity contribution is -0.131. The number of hydrogen-bond acceptors (Lipinski definition) is 5. The van der Waals surface area contributed by atoms with Gasteiger partial charge >= 0.3 is 5.97 Å². The number of thiazole rings is 1. The van der Waals surface area contributed by atoms with Crippen LogP contribution in [0.25, 0.3) is 11.0 Å². The van der Waals surface area contributed by atoms with Crippen LogP contribution in [0.2, 0.25) is 0 Å². The largest absolute Gasteiger partial charge is 0.478 e. The molecule has 0 spiro atoms. The van der Waals surface area contributed by atoms with Crippen LogP contribution in [0.3, 0.4) is 0 Å². The minimum absolute atomic E-state index is 0.0548. The number of nitrogens with one attached hydrogen (secondary N) is 1. The molecule has 2 aromatic heterocycles. The predicted molar refractivity (Wildman–Crippen MR) is 75.0 cm³/mol. The summed E-state index contributed by atoms with van der Waals surface area (Å²) in [5.74, 6) is -0.428. The zero-order valence-electron chi connectivity index (χ0n) is 10.4. The van der Waals surface area contributed by atoms with Gasteiger partial charge < -0.3 is 15.3 Å². The summed E-state index contributed by atoms with van der Waals surface area (Å²) in [6.45, 7) is 1.45. The van der Waals surface area contributed by atoms with E-state index in [1.165, 1.54) is 17.4 Å². The Balaban J connectivity index is 2.04. The molecule has 2 aromatic rings. The van der Waals surface area contributed by atoms with E-state index in [2.05, 4.69) is 10.3 Å². The highest BCUT2D eigenvalue weighted by atomic mass is 32.1. The summed E-state index contributed by atoms with van der Waals surface area (Å²) < 4.78 is 1.83. The molecule has 0 aromatic carbocycles. The van der Waals surface area contributed by atoms with Crippen LogP contribution >= 0.6 is 11.3 Å². The van der Waals surface area contributed by atoms with E-state index in [0.717, 1.165) is 11.0 Å². The first-order valence-electron chi connectivity index (χ1n) is 6.03. The Morgan fingerprint density at radius 2 is 2.40 bits per heavy atom. The Kier molecular flexibility index (Phi) is 3.15. The zero-order chi connectivity index (χ0) is 14.1. The highest BCUT2D eigenvalue weighted by Crippen LogP contribution is 2.26. The highest BCUT2D eigenvalue weighted by Gasteiger charge is 2.22. The van der Waals surface area contributed by atoms with Gasteiger partial charge in [-0.3, -0.25) is 9.20 Å². The summed E-state index contributed by atoms with van der Waals surface area (Å²) in [7, 11) is 0. The molecule has 1 fully saturated rings. The fraction of sp³-hybridized carbons (Fsp3) is 0.250. The van der Waals surface area contributed by atoms with Crippen LogP contribution in [0.1, 0.15) is 5.69 Å². The molecule has 0 unspecified atom stereocenters. The summed E-state index contributed by atoms with van der Waals surface area (Å²) in [6, 6.07) is 0. The predicted octanol–water partition coefficient (Wildman–Crippen LogP) is 0.430. The lowest BCUT2D eigenvalue weighted by atomic mass is 10.3. The van der Waals surface area contributed by atoms with Crippen molar-refractivity contribution in [1.29, 1.82) is 0 Å². The zero-order valence-corrected chi connectivity index (χ0v) is 11.3. The molecule has 3 rings (SSSR count). The van der Waals surface area contributed by atoms with Gasteiger partial charge in [0.2, 0.25) is 5.91 Å². The van der Waals surface area contributed by atoms with Crippen LogP contribution in [-0.4, -0.2) is 46.0 Å². The van der Waals surface area contributed by atoms with Crippen molar-refractivity contribution >= 4 is 40.1 Å². The molecule has 0 radical (unpaired) electrons. The van der Waals surface area contributed by atoms with Crippen molar-refractivity contribution < 1.29 is 14.7 Å². The maximum absolute atomic E-state index is 11.5. The lowest BCUT2D eigenvalue weighted by Gasteiger charge is -2.27. The first kappa shape index (κ1) is 12.7. The number of rotatable bonds is 3. The van der Waals surface area contributed by atoms with E-state index in [1.54, 1.807) is 0 Å². The molecule has 3 heterocycles. The molecule has 0 bridgehead atoms. The third-order valence-electron chi connectivity index (χ3n) is 3.00. The molecule has 20 heavy (non-hydrogen) atoms. The maximum atomic E-state index is 11.5. The summed E-state index contributed by atoms with van der Waals surface area (Å²) in [6.07, 6.45) is 4.42. The van der Waals surface area contributed by atoms with Crippen molar-refractivity contribution in [1.82, 2.24) is 14.7 Å². The summed E-state index contributed by atoms with van der Waals surface area (Å²) in [5, 5.41) is 13.4. The van der Waals surface area contributed by atoms with Gasteiger partial charge in [-0.15, -0.1) is 11.3 Å². The molecule has 104 valence electrons. The van der Waals surface area contributed by atoms with Crippen LogP contribution in [0.15, 0.2) is 17.7 Å². The quantitative estimate of drug-likeness (QED) is 0.801. The Morgan fingerprint density at radius 3 is 3.15 bits per heavy atom. The van der Waals surface area contributed by atoms with E-state index in [-0.39, 0.29) is 12.5 Å². The standard InChI is InChI=1S/C12H12N4O3S/c17-9-7-15(4-3-13-9)11-8(1-2-10(18)19)16-5-6-20-12(16)14-11/h1-2,5-6H,3-4,7H2,(H,13,17)(H,18,19)/b2-1+. The van der Waals surface area contributed by atoms with Crippen LogP contribution in [0.4, 0.5) is 5.82 Å². The second-order valence-corrected chi connectivity index (χ2v) is 5.19.